The molecule has 0 aromatic carbocycles. The molecule has 11 heavy (non-hydrogen) atoms. The molecular weight excluding hydrogens is 140 g/mol. The summed E-state index contributed by atoms with van der Waals surface area (Å²) in [6.07, 6.45) is 1.61. The Balaban J connectivity index is 0.000000292. The van der Waals surface area contributed by atoms with Crippen molar-refractivity contribution in [3.05, 3.63) is 0 Å². The van der Waals surface area contributed by atoms with Gasteiger partial charge >= 0.3 is 0 Å². The first-order chi connectivity index (χ1) is 5.35. The zero-order valence-electron chi connectivity index (χ0n) is 7.81. The van der Waals surface area contributed by atoms with Crippen LogP contribution in [0.1, 0.15) is 13.3 Å². The molecule has 0 aromatic heterocycles. The maximum Gasteiger partial charge on any atom is 0.0697 e. The van der Waals surface area contributed by atoms with Gasteiger partial charge in [0.05, 0.1) is 12.7 Å². The molecule has 0 spiro atoms. The van der Waals surface area contributed by atoms with Gasteiger partial charge in [-0.05, 0) is 20.5 Å². The van der Waals surface area contributed by atoms with Gasteiger partial charge in [-0.15, -0.1) is 0 Å². The van der Waals surface area contributed by atoms with Gasteiger partial charge in [0.25, 0.3) is 0 Å². The van der Waals surface area contributed by atoms with Crippen LogP contribution in [0.3, 0.4) is 0 Å². The van der Waals surface area contributed by atoms with Crippen LogP contribution in [0.5, 0.6) is 0 Å². The summed E-state index contributed by atoms with van der Waals surface area (Å²) in [4.78, 5) is 0. The van der Waals surface area contributed by atoms with Gasteiger partial charge in [-0.2, -0.15) is 0 Å². The van der Waals surface area contributed by atoms with E-state index in [2.05, 4.69) is 17.6 Å². The lowest BCUT2D eigenvalue weighted by Gasteiger charge is -2.21. The summed E-state index contributed by atoms with van der Waals surface area (Å²) in [5.74, 6) is 0. The molecule has 0 amide bonds. The molecule has 3 heteroatoms. The Kier molecular flexibility index (Phi) is 7.89. The summed E-state index contributed by atoms with van der Waals surface area (Å²) < 4.78 is 5.36. The predicted molar refractivity (Wildman–Crippen MR) is 47.9 cm³/mol. The zero-order valence-corrected chi connectivity index (χ0v) is 7.81. The highest BCUT2D eigenvalue weighted by atomic mass is 16.5. The van der Waals surface area contributed by atoms with E-state index in [-0.39, 0.29) is 0 Å². The topological polar surface area (TPSA) is 33.3 Å². The average Bonchev–Trinajstić information content (AvgIpc) is 2.08. The molecule has 2 N–H and O–H groups in total. The molecule has 0 saturated carbocycles. The van der Waals surface area contributed by atoms with Gasteiger partial charge < -0.3 is 15.4 Å². The fourth-order valence-electron chi connectivity index (χ4n) is 0.882. The fraction of sp³-hybridized carbons (Fsp3) is 1.00. The smallest absolute Gasteiger partial charge is 0.0697 e. The van der Waals surface area contributed by atoms with Crippen LogP contribution in [0.4, 0.5) is 0 Å². The number of hydrogen-bond donors (Lipinski definition) is 2. The second-order valence-corrected chi connectivity index (χ2v) is 2.61. The Bertz CT molecular complexity index is 72.5. The molecule has 0 aromatic rings. The van der Waals surface area contributed by atoms with Gasteiger partial charge in [0.2, 0.25) is 0 Å². The lowest BCUT2D eigenvalue weighted by molar-refractivity contribution is 0.0267. The fourth-order valence-corrected chi connectivity index (χ4v) is 0.882. The van der Waals surface area contributed by atoms with Crippen molar-refractivity contribution in [1.82, 2.24) is 10.6 Å². The van der Waals surface area contributed by atoms with Crippen molar-refractivity contribution in [2.45, 2.75) is 19.4 Å². The largest absolute Gasteiger partial charge is 0.376 e. The first kappa shape index (κ1) is 10.9. The van der Waals surface area contributed by atoms with Crippen molar-refractivity contribution in [3.8, 4) is 0 Å². The first-order valence-corrected chi connectivity index (χ1v) is 4.26. The quantitative estimate of drug-likeness (QED) is 0.576. The predicted octanol–water partition coefficient (Wildman–Crippen LogP) is 0.220. The maximum atomic E-state index is 5.36. The third-order valence-corrected chi connectivity index (χ3v) is 1.46. The van der Waals surface area contributed by atoms with E-state index in [1.54, 1.807) is 0 Å². The van der Waals surface area contributed by atoms with E-state index in [4.69, 9.17) is 4.74 Å². The SMILES string of the molecule is CCC1CNCCO1.CNC. The molecule has 1 unspecified atom stereocenters. The lowest BCUT2D eigenvalue weighted by Crippen LogP contribution is -2.37. The summed E-state index contributed by atoms with van der Waals surface area (Å²) in [5.41, 5.74) is 0. The van der Waals surface area contributed by atoms with E-state index >= 15 is 0 Å². The molecule has 1 aliphatic heterocycles. The molecule has 1 heterocycles. The highest BCUT2D eigenvalue weighted by molar-refractivity contribution is 4.63. The number of hydrogen-bond acceptors (Lipinski definition) is 3. The second kappa shape index (κ2) is 7.98. The van der Waals surface area contributed by atoms with Gasteiger partial charge in [0.1, 0.15) is 0 Å². The molecule has 1 rings (SSSR count). The van der Waals surface area contributed by atoms with Crippen LogP contribution in [-0.4, -0.2) is 39.9 Å². The standard InChI is InChI=1S/C6H13NO.C2H7N/c1-2-6-5-7-3-4-8-6;1-3-2/h6-7H,2-5H2,1H3;3H,1-2H3. The Morgan fingerprint density at radius 2 is 2.18 bits per heavy atom. The van der Waals surface area contributed by atoms with E-state index < -0.39 is 0 Å². The van der Waals surface area contributed by atoms with E-state index in [1.165, 1.54) is 0 Å². The van der Waals surface area contributed by atoms with Gasteiger partial charge in [-0.25, -0.2) is 0 Å². The summed E-state index contributed by atoms with van der Waals surface area (Å²) in [7, 11) is 3.75. The third kappa shape index (κ3) is 6.28. The van der Waals surface area contributed by atoms with Crippen molar-refractivity contribution >= 4 is 0 Å². The normalized spacial score (nSPS) is 23.7. The monoisotopic (exact) mass is 160 g/mol. The minimum absolute atomic E-state index is 0.476. The van der Waals surface area contributed by atoms with Crippen molar-refractivity contribution in [3.63, 3.8) is 0 Å². The highest BCUT2D eigenvalue weighted by Crippen LogP contribution is 1.98. The van der Waals surface area contributed by atoms with Crippen LogP contribution in [-0.2, 0) is 4.74 Å². The van der Waals surface area contributed by atoms with Crippen molar-refractivity contribution in [1.29, 1.82) is 0 Å². The number of rotatable bonds is 1. The van der Waals surface area contributed by atoms with E-state index in [9.17, 15) is 0 Å². The van der Waals surface area contributed by atoms with E-state index in [0.717, 1.165) is 26.1 Å². The third-order valence-electron chi connectivity index (χ3n) is 1.46. The van der Waals surface area contributed by atoms with Crippen LogP contribution >= 0.6 is 0 Å². The summed E-state index contributed by atoms with van der Waals surface area (Å²) in [6, 6.07) is 0. The average molecular weight is 160 g/mol. The maximum absolute atomic E-state index is 5.36. The lowest BCUT2D eigenvalue weighted by atomic mass is 10.2. The summed E-state index contributed by atoms with van der Waals surface area (Å²) >= 11 is 0. The number of nitrogens with one attached hydrogen (secondary N) is 2. The highest BCUT2D eigenvalue weighted by Gasteiger charge is 2.08. The van der Waals surface area contributed by atoms with Crippen LogP contribution < -0.4 is 10.6 Å². The van der Waals surface area contributed by atoms with Crippen molar-refractivity contribution in [2.75, 3.05) is 33.8 Å². The molecule has 68 valence electrons. The minimum atomic E-state index is 0.476. The molecule has 1 fully saturated rings. The molecule has 1 saturated heterocycles. The molecule has 1 aliphatic rings. The molecule has 0 aliphatic carbocycles. The number of ether oxygens (including phenoxy) is 1. The molecule has 3 nitrogen and oxygen atoms in total. The molecule has 0 bridgehead atoms. The van der Waals surface area contributed by atoms with Gasteiger partial charge in [-0.1, -0.05) is 6.92 Å². The molecule has 1 atom stereocenters. The van der Waals surface area contributed by atoms with Crippen LogP contribution in [0, 0.1) is 0 Å². The summed E-state index contributed by atoms with van der Waals surface area (Å²) in [5, 5.41) is 6.01. The zero-order chi connectivity index (χ0) is 8.53. The molecule has 0 radical (unpaired) electrons. The number of morpholine rings is 1. The Hall–Kier alpha value is -0.120. The molecular formula is C8H20N2O. The second-order valence-electron chi connectivity index (χ2n) is 2.61. The Morgan fingerprint density at radius 3 is 2.45 bits per heavy atom. The van der Waals surface area contributed by atoms with Crippen molar-refractivity contribution in [2.24, 2.45) is 0 Å². The Labute approximate surface area is 69.5 Å². The van der Waals surface area contributed by atoms with Gasteiger partial charge in [0, 0.05) is 13.1 Å². The van der Waals surface area contributed by atoms with Crippen LogP contribution in [0.25, 0.3) is 0 Å². The summed E-state index contributed by atoms with van der Waals surface area (Å²) in [6.45, 7) is 5.10. The van der Waals surface area contributed by atoms with Gasteiger partial charge in [0.15, 0.2) is 0 Å². The first-order valence-electron chi connectivity index (χ1n) is 4.26. The Morgan fingerprint density at radius 1 is 1.55 bits per heavy atom. The van der Waals surface area contributed by atoms with Crippen LogP contribution in [0.2, 0.25) is 0 Å². The van der Waals surface area contributed by atoms with E-state index in [1.807, 2.05) is 14.1 Å². The van der Waals surface area contributed by atoms with Crippen molar-refractivity contribution < 1.29 is 4.74 Å². The minimum Gasteiger partial charge on any atom is -0.376 e. The van der Waals surface area contributed by atoms with E-state index in [0.29, 0.717) is 6.10 Å². The van der Waals surface area contributed by atoms with Crippen LogP contribution in [0.15, 0.2) is 0 Å². The van der Waals surface area contributed by atoms with Gasteiger partial charge in [-0.3, -0.25) is 0 Å².